The van der Waals surface area contributed by atoms with Crippen LogP contribution < -0.4 is 15.1 Å². The summed E-state index contributed by atoms with van der Waals surface area (Å²) in [5.41, 5.74) is 1.75. The third-order valence-electron chi connectivity index (χ3n) is 4.18. The number of rotatable bonds is 4. The van der Waals surface area contributed by atoms with Gasteiger partial charge in [0.25, 0.3) is 5.91 Å². The minimum Gasteiger partial charge on any atom is -0.360 e. The van der Waals surface area contributed by atoms with Crippen molar-refractivity contribution in [1.29, 1.82) is 0 Å². The lowest BCUT2D eigenvalue weighted by Crippen LogP contribution is -3.15. The van der Waals surface area contributed by atoms with Gasteiger partial charge in [0.15, 0.2) is 6.54 Å². The van der Waals surface area contributed by atoms with E-state index in [1.54, 1.807) is 24.3 Å². The van der Waals surface area contributed by atoms with Gasteiger partial charge in [-0.25, -0.2) is 4.39 Å². The number of quaternary nitrogens is 1. The molecule has 0 atom stereocenters. The number of carbonyl (C=O) groups is 1. The Bertz CT molecular complexity index is 700. The first kappa shape index (κ1) is 16.7. The summed E-state index contributed by atoms with van der Waals surface area (Å²) in [6.07, 6.45) is 0. The summed E-state index contributed by atoms with van der Waals surface area (Å²) in [5, 5.41) is 3.48. The van der Waals surface area contributed by atoms with Crippen LogP contribution in [-0.4, -0.2) is 38.6 Å². The lowest BCUT2D eigenvalue weighted by molar-refractivity contribution is -0.892. The molecule has 0 bridgehead atoms. The number of piperazine rings is 1. The van der Waals surface area contributed by atoms with Gasteiger partial charge in [-0.05, 0) is 42.5 Å². The summed E-state index contributed by atoms with van der Waals surface area (Å²) in [7, 11) is 0. The molecule has 4 nitrogen and oxygen atoms in total. The van der Waals surface area contributed by atoms with E-state index in [1.807, 2.05) is 12.1 Å². The van der Waals surface area contributed by atoms with Crippen LogP contribution in [-0.2, 0) is 4.79 Å². The molecule has 0 spiro atoms. The molecule has 0 aliphatic carbocycles. The molecule has 0 saturated carbocycles. The van der Waals surface area contributed by atoms with Crippen molar-refractivity contribution in [2.75, 3.05) is 42.9 Å². The van der Waals surface area contributed by atoms with Crippen LogP contribution in [0, 0.1) is 5.82 Å². The second-order valence-electron chi connectivity index (χ2n) is 5.95. The highest BCUT2D eigenvalue weighted by Gasteiger charge is 2.22. The number of hydrogen-bond acceptors (Lipinski definition) is 2. The smallest absolute Gasteiger partial charge is 0.279 e. The number of hydrogen-bond donors (Lipinski definition) is 2. The maximum Gasteiger partial charge on any atom is 0.279 e. The molecule has 1 saturated heterocycles. The fraction of sp³-hybridized carbons (Fsp3) is 0.278. The monoisotopic (exact) mass is 348 g/mol. The second-order valence-corrected chi connectivity index (χ2v) is 6.39. The zero-order chi connectivity index (χ0) is 16.9. The van der Waals surface area contributed by atoms with E-state index in [-0.39, 0.29) is 11.7 Å². The highest BCUT2D eigenvalue weighted by molar-refractivity contribution is 6.30. The lowest BCUT2D eigenvalue weighted by Gasteiger charge is -2.33. The fourth-order valence-corrected chi connectivity index (χ4v) is 3.10. The lowest BCUT2D eigenvalue weighted by atomic mass is 10.2. The molecule has 2 aromatic carbocycles. The van der Waals surface area contributed by atoms with Crippen LogP contribution in [0.3, 0.4) is 0 Å². The predicted octanol–water partition coefficient (Wildman–Crippen LogP) is 1.82. The Labute approximate surface area is 145 Å². The van der Waals surface area contributed by atoms with Gasteiger partial charge in [-0.3, -0.25) is 4.79 Å². The van der Waals surface area contributed by atoms with E-state index in [9.17, 15) is 9.18 Å². The number of halogens is 2. The SMILES string of the molecule is O=C(C[NH+]1CCN(c2ccc(F)cc2)CC1)Nc1cccc(Cl)c1. The van der Waals surface area contributed by atoms with Crippen LogP contribution >= 0.6 is 11.6 Å². The van der Waals surface area contributed by atoms with E-state index in [0.29, 0.717) is 11.6 Å². The fourth-order valence-electron chi connectivity index (χ4n) is 2.91. The third kappa shape index (κ3) is 4.46. The van der Waals surface area contributed by atoms with Gasteiger partial charge in [0.2, 0.25) is 0 Å². The van der Waals surface area contributed by atoms with Crippen molar-refractivity contribution in [3.63, 3.8) is 0 Å². The topological polar surface area (TPSA) is 36.8 Å². The number of anilines is 2. The third-order valence-corrected chi connectivity index (χ3v) is 4.42. The molecule has 24 heavy (non-hydrogen) atoms. The second kappa shape index (κ2) is 7.64. The average molecular weight is 349 g/mol. The van der Waals surface area contributed by atoms with Crippen LogP contribution in [0.2, 0.25) is 5.02 Å². The highest BCUT2D eigenvalue weighted by Crippen LogP contribution is 2.15. The van der Waals surface area contributed by atoms with Crippen LogP contribution in [0.4, 0.5) is 15.8 Å². The minimum absolute atomic E-state index is 0.0116. The van der Waals surface area contributed by atoms with E-state index in [4.69, 9.17) is 11.6 Å². The van der Waals surface area contributed by atoms with E-state index in [1.165, 1.54) is 17.0 Å². The molecule has 1 aliphatic rings. The first-order valence-electron chi connectivity index (χ1n) is 8.00. The molecule has 1 heterocycles. The Morgan fingerprint density at radius 2 is 1.88 bits per heavy atom. The summed E-state index contributed by atoms with van der Waals surface area (Å²) in [4.78, 5) is 15.6. The number of benzene rings is 2. The Morgan fingerprint density at radius 3 is 2.54 bits per heavy atom. The maximum atomic E-state index is 13.0. The largest absolute Gasteiger partial charge is 0.360 e. The van der Waals surface area contributed by atoms with Gasteiger partial charge in [-0.2, -0.15) is 0 Å². The maximum absolute atomic E-state index is 13.0. The van der Waals surface area contributed by atoms with Crippen molar-refractivity contribution in [1.82, 2.24) is 0 Å². The summed E-state index contributed by atoms with van der Waals surface area (Å²) < 4.78 is 13.0. The predicted molar refractivity (Wildman–Crippen MR) is 94.3 cm³/mol. The van der Waals surface area contributed by atoms with Crippen LogP contribution in [0.15, 0.2) is 48.5 Å². The van der Waals surface area contributed by atoms with E-state index < -0.39 is 0 Å². The van der Waals surface area contributed by atoms with Gasteiger partial charge in [0.1, 0.15) is 5.82 Å². The molecule has 0 radical (unpaired) electrons. The van der Waals surface area contributed by atoms with Gasteiger partial charge < -0.3 is 15.1 Å². The Balaban J connectivity index is 1.48. The summed E-state index contributed by atoms with van der Waals surface area (Å²) >= 11 is 5.92. The highest BCUT2D eigenvalue weighted by atomic mass is 35.5. The molecule has 6 heteroatoms. The number of carbonyl (C=O) groups excluding carboxylic acids is 1. The molecule has 1 aliphatic heterocycles. The van der Waals surface area contributed by atoms with Crippen LogP contribution in [0.5, 0.6) is 0 Å². The van der Waals surface area contributed by atoms with Crippen LogP contribution in [0.1, 0.15) is 0 Å². The van der Waals surface area contributed by atoms with Crippen molar-refractivity contribution in [3.05, 3.63) is 59.4 Å². The molecule has 2 aromatic rings. The summed E-state index contributed by atoms with van der Waals surface area (Å²) in [5.74, 6) is -0.233. The first-order valence-corrected chi connectivity index (χ1v) is 8.37. The van der Waals surface area contributed by atoms with Crippen molar-refractivity contribution >= 4 is 28.9 Å². The van der Waals surface area contributed by atoms with Gasteiger partial charge >= 0.3 is 0 Å². The quantitative estimate of drug-likeness (QED) is 0.884. The number of amides is 1. The van der Waals surface area contributed by atoms with Gasteiger partial charge in [-0.1, -0.05) is 17.7 Å². The average Bonchev–Trinajstić information content (AvgIpc) is 2.56. The normalized spacial score (nSPS) is 15.3. The zero-order valence-electron chi connectivity index (χ0n) is 13.3. The van der Waals surface area contributed by atoms with Crippen molar-refractivity contribution < 1.29 is 14.1 Å². The molecule has 1 amide bonds. The number of nitrogens with one attached hydrogen (secondary N) is 2. The van der Waals surface area contributed by atoms with E-state index in [0.717, 1.165) is 37.6 Å². The van der Waals surface area contributed by atoms with Crippen molar-refractivity contribution in [3.8, 4) is 0 Å². The molecular formula is C18H20ClFN3O+. The van der Waals surface area contributed by atoms with Gasteiger partial charge in [-0.15, -0.1) is 0 Å². The minimum atomic E-state index is -0.222. The first-order chi connectivity index (χ1) is 11.6. The number of nitrogens with zero attached hydrogens (tertiary/aromatic N) is 1. The summed E-state index contributed by atoms with van der Waals surface area (Å²) in [6.45, 7) is 3.89. The molecule has 0 aromatic heterocycles. The molecule has 3 rings (SSSR count). The Hall–Kier alpha value is -2.11. The molecule has 0 unspecified atom stereocenters. The molecule has 126 valence electrons. The van der Waals surface area contributed by atoms with E-state index >= 15 is 0 Å². The Kier molecular flexibility index (Phi) is 5.33. The van der Waals surface area contributed by atoms with Crippen molar-refractivity contribution in [2.45, 2.75) is 0 Å². The van der Waals surface area contributed by atoms with Crippen LogP contribution in [0.25, 0.3) is 0 Å². The standard InChI is InChI=1S/C18H19ClFN3O/c19-14-2-1-3-16(12-14)21-18(24)13-22-8-10-23(11-9-22)17-6-4-15(20)5-7-17/h1-7,12H,8-11,13H2,(H,21,24)/p+1. The summed E-state index contributed by atoms with van der Waals surface area (Å²) in [6, 6.07) is 13.7. The molecule has 1 fully saturated rings. The van der Waals surface area contributed by atoms with Gasteiger partial charge in [0, 0.05) is 16.4 Å². The van der Waals surface area contributed by atoms with Crippen molar-refractivity contribution in [2.24, 2.45) is 0 Å². The molecular weight excluding hydrogens is 329 g/mol. The molecule has 2 N–H and O–H groups in total. The van der Waals surface area contributed by atoms with E-state index in [2.05, 4.69) is 10.2 Å². The zero-order valence-corrected chi connectivity index (χ0v) is 14.0. The Morgan fingerprint density at radius 1 is 1.17 bits per heavy atom. The van der Waals surface area contributed by atoms with Gasteiger partial charge in [0.05, 0.1) is 26.2 Å².